The minimum atomic E-state index is -0.227. The Kier molecular flexibility index (Phi) is 4.51. The lowest BCUT2D eigenvalue weighted by Gasteiger charge is -2.27. The van der Waals surface area contributed by atoms with Crippen molar-refractivity contribution in [3.8, 4) is 5.75 Å². The molecule has 1 aromatic carbocycles. The second-order valence-electron chi connectivity index (χ2n) is 8.25. The third-order valence-corrected chi connectivity index (χ3v) is 6.74. The van der Waals surface area contributed by atoms with Gasteiger partial charge in [0.15, 0.2) is 0 Å². The second kappa shape index (κ2) is 7.04. The molecule has 7 heteroatoms. The van der Waals surface area contributed by atoms with E-state index < -0.39 is 0 Å². The summed E-state index contributed by atoms with van der Waals surface area (Å²) in [6.45, 7) is 3.52. The van der Waals surface area contributed by atoms with Crippen molar-refractivity contribution in [2.24, 2.45) is 17.8 Å². The van der Waals surface area contributed by atoms with Crippen LogP contribution in [0.2, 0.25) is 0 Å². The average molecular weight is 386 g/mol. The quantitative estimate of drug-likeness (QED) is 0.815. The van der Waals surface area contributed by atoms with Crippen molar-refractivity contribution < 1.29 is 23.8 Å². The monoisotopic (exact) mass is 386 g/mol. The lowest BCUT2D eigenvalue weighted by molar-refractivity contribution is 0.0551. The van der Waals surface area contributed by atoms with Crippen LogP contribution in [0.25, 0.3) is 0 Å². The van der Waals surface area contributed by atoms with Crippen LogP contribution < -0.4 is 15.4 Å². The highest BCUT2D eigenvalue weighted by Crippen LogP contribution is 2.46. The zero-order valence-electron chi connectivity index (χ0n) is 16.0. The average Bonchev–Trinajstić information content (AvgIpc) is 3.10. The maximum Gasteiger partial charge on any atom is 0.254 e. The molecule has 150 valence electrons. The van der Waals surface area contributed by atoms with Crippen LogP contribution in [0.15, 0.2) is 12.1 Å². The summed E-state index contributed by atoms with van der Waals surface area (Å²) >= 11 is 0. The van der Waals surface area contributed by atoms with Crippen LogP contribution in [0.1, 0.15) is 45.0 Å². The molecule has 7 nitrogen and oxygen atoms in total. The molecule has 2 saturated heterocycles. The second-order valence-corrected chi connectivity index (χ2v) is 8.25. The summed E-state index contributed by atoms with van der Waals surface area (Å²) in [7, 11) is 1.60. The van der Waals surface area contributed by atoms with Gasteiger partial charge in [-0.3, -0.25) is 9.59 Å². The third kappa shape index (κ3) is 2.97. The largest absolute Gasteiger partial charge is 0.492 e. The highest BCUT2D eigenvalue weighted by Gasteiger charge is 2.54. The Labute approximate surface area is 164 Å². The van der Waals surface area contributed by atoms with Crippen molar-refractivity contribution in [3.05, 3.63) is 28.8 Å². The molecule has 5 rings (SSSR count). The summed E-state index contributed by atoms with van der Waals surface area (Å²) in [5, 5.41) is 5.80. The van der Waals surface area contributed by atoms with E-state index in [1.165, 1.54) is 0 Å². The maximum absolute atomic E-state index is 12.9. The first-order valence-corrected chi connectivity index (χ1v) is 10.2. The number of amides is 2. The van der Waals surface area contributed by atoms with Crippen LogP contribution in [0.3, 0.4) is 0 Å². The molecule has 28 heavy (non-hydrogen) atoms. The van der Waals surface area contributed by atoms with Gasteiger partial charge >= 0.3 is 0 Å². The van der Waals surface area contributed by atoms with E-state index in [2.05, 4.69) is 10.6 Å². The number of benzene rings is 1. The SMILES string of the molecule is CNC(=O)c1cc(C(=O)NC2[C@H]3COC[C@@H]23)cc2c1OC[C@@H]2C1CCOCC1. The van der Waals surface area contributed by atoms with E-state index in [1.54, 1.807) is 13.1 Å². The van der Waals surface area contributed by atoms with Gasteiger partial charge in [0.05, 0.1) is 25.4 Å². The molecule has 4 aliphatic rings. The molecule has 0 spiro atoms. The molecule has 4 atom stereocenters. The Morgan fingerprint density at radius 3 is 2.46 bits per heavy atom. The molecule has 0 aromatic heterocycles. The summed E-state index contributed by atoms with van der Waals surface area (Å²) in [6, 6.07) is 3.79. The van der Waals surface area contributed by atoms with Crippen molar-refractivity contribution in [1.29, 1.82) is 0 Å². The Bertz CT molecular complexity index is 794. The predicted molar refractivity (Wildman–Crippen MR) is 101 cm³/mol. The summed E-state index contributed by atoms with van der Waals surface area (Å²) in [5.41, 5.74) is 1.96. The van der Waals surface area contributed by atoms with Crippen LogP contribution in [-0.4, -0.2) is 57.9 Å². The van der Waals surface area contributed by atoms with Gasteiger partial charge in [-0.15, -0.1) is 0 Å². The standard InChI is InChI=1S/C21H26N2O5/c1-22-21(25)14-7-12(20(24)23-18-16-8-27-9-17(16)18)6-13-15(10-28-19(13)14)11-2-4-26-5-3-11/h6-7,11,15-18H,2-5,8-10H2,1H3,(H,22,25)(H,23,24)/t15-,16-,17+,18?/m1/s1. The molecule has 0 bridgehead atoms. The fourth-order valence-corrected chi connectivity index (χ4v) is 4.98. The molecular formula is C21H26N2O5. The first-order chi connectivity index (χ1) is 13.7. The summed E-state index contributed by atoms with van der Waals surface area (Å²) in [6.07, 6.45) is 1.95. The first kappa shape index (κ1) is 17.9. The number of fused-ring (bicyclic) bond motifs is 2. The lowest BCUT2D eigenvalue weighted by Crippen LogP contribution is -2.30. The van der Waals surface area contributed by atoms with Gasteiger partial charge in [-0.2, -0.15) is 0 Å². The van der Waals surface area contributed by atoms with Crippen molar-refractivity contribution >= 4 is 11.8 Å². The molecular weight excluding hydrogens is 360 g/mol. The van der Waals surface area contributed by atoms with E-state index in [0.717, 1.165) is 44.8 Å². The number of rotatable bonds is 4. The van der Waals surface area contributed by atoms with Gasteiger partial charge in [-0.05, 0) is 30.9 Å². The van der Waals surface area contributed by atoms with E-state index in [0.29, 0.717) is 41.2 Å². The van der Waals surface area contributed by atoms with Gasteiger partial charge < -0.3 is 24.8 Å². The minimum Gasteiger partial charge on any atom is -0.492 e. The van der Waals surface area contributed by atoms with Gasteiger partial charge in [-0.1, -0.05) is 0 Å². The van der Waals surface area contributed by atoms with E-state index in [-0.39, 0.29) is 23.8 Å². The molecule has 3 fully saturated rings. The van der Waals surface area contributed by atoms with Gasteiger partial charge in [-0.25, -0.2) is 0 Å². The van der Waals surface area contributed by atoms with E-state index in [4.69, 9.17) is 14.2 Å². The van der Waals surface area contributed by atoms with E-state index >= 15 is 0 Å². The molecule has 0 radical (unpaired) electrons. The maximum atomic E-state index is 12.9. The van der Waals surface area contributed by atoms with E-state index in [1.807, 2.05) is 6.07 Å². The van der Waals surface area contributed by atoms with Gasteiger partial charge in [0.25, 0.3) is 11.8 Å². The number of ether oxygens (including phenoxy) is 3. The zero-order valence-corrected chi connectivity index (χ0v) is 16.0. The molecule has 3 aliphatic heterocycles. The van der Waals surface area contributed by atoms with Crippen molar-refractivity contribution in [3.63, 3.8) is 0 Å². The fraction of sp³-hybridized carbons (Fsp3) is 0.619. The Morgan fingerprint density at radius 1 is 1.00 bits per heavy atom. The van der Waals surface area contributed by atoms with E-state index in [9.17, 15) is 9.59 Å². The number of hydrogen-bond acceptors (Lipinski definition) is 5. The molecule has 2 amide bonds. The number of carbonyl (C=O) groups is 2. The highest BCUT2D eigenvalue weighted by molar-refractivity contribution is 6.02. The minimum absolute atomic E-state index is 0.120. The van der Waals surface area contributed by atoms with Crippen molar-refractivity contribution in [1.82, 2.24) is 10.6 Å². The lowest BCUT2D eigenvalue weighted by atomic mass is 9.81. The molecule has 1 aliphatic carbocycles. The molecule has 1 unspecified atom stereocenters. The van der Waals surface area contributed by atoms with Crippen LogP contribution in [0.4, 0.5) is 0 Å². The predicted octanol–water partition coefficient (Wildman–Crippen LogP) is 1.32. The van der Waals surface area contributed by atoms with Crippen LogP contribution in [-0.2, 0) is 9.47 Å². The molecule has 1 saturated carbocycles. The van der Waals surface area contributed by atoms with Crippen LogP contribution >= 0.6 is 0 Å². The highest BCUT2D eigenvalue weighted by atomic mass is 16.5. The topological polar surface area (TPSA) is 85.9 Å². The summed E-state index contributed by atoms with van der Waals surface area (Å²) in [4.78, 5) is 25.4. The fourth-order valence-electron chi connectivity index (χ4n) is 4.98. The summed E-state index contributed by atoms with van der Waals surface area (Å²) < 4.78 is 16.9. The van der Waals surface area contributed by atoms with Crippen molar-refractivity contribution in [2.75, 3.05) is 40.1 Å². The normalized spacial score (nSPS) is 30.9. The van der Waals surface area contributed by atoms with Gasteiger partial charge in [0, 0.05) is 55.2 Å². The Morgan fingerprint density at radius 2 is 1.75 bits per heavy atom. The third-order valence-electron chi connectivity index (χ3n) is 6.74. The molecule has 2 N–H and O–H groups in total. The summed E-state index contributed by atoms with van der Waals surface area (Å²) in [5.74, 6) is 1.81. The van der Waals surface area contributed by atoms with Gasteiger partial charge in [0.1, 0.15) is 5.75 Å². The molecule has 1 aromatic rings. The smallest absolute Gasteiger partial charge is 0.254 e. The van der Waals surface area contributed by atoms with Crippen LogP contribution in [0.5, 0.6) is 5.75 Å². The van der Waals surface area contributed by atoms with Crippen LogP contribution in [0, 0.1) is 17.8 Å². The number of carbonyl (C=O) groups excluding carboxylic acids is 2. The zero-order chi connectivity index (χ0) is 19.3. The number of hydrogen-bond donors (Lipinski definition) is 2. The molecule has 3 heterocycles. The van der Waals surface area contributed by atoms with Crippen molar-refractivity contribution in [2.45, 2.75) is 24.8 Å². The Balaban J connectivity index is 1.44. The number of nitrogens with one attached hydrogen (secondary N) is 2. The first-order valence-electron chi connectivity index (χ1n) is 10.2. The van der Waals surface area contributed by atoms with Gasteiger partial charge in [0.2, 0.25) is 0 Å². The Hall–Kier alpha value is -2.12.